The molecule has 0 radical (unpaired) electrons. The molecule has 0 aliphatic rings. The molecule has 3 N–H and O–H groups in total. The van der Waals surface area contributed by atoms with Gasteiger partial charge >= 0.3 is 0 Å². The Hall–Kier alpha value is -2.78. The molecule has 164 valence electrons. The second-order valence-electron chi connectivity index (χ2n) is 8.28. The van der Waals surface area contributed by atoms with Crippen LogP contribution in [0.1, 0.15) is 47.1 Å². The summed E-state index contributed by atoms with van der Waals surface area (Å²) in [7, 11) is 0. The zero-order chi connectivity index (χ0) is 23.3. The second-order valence-corrected chi connectivity index (χ2v) is 9.93. The van der Waals surface area contributed by atoms with Crippen LogP contribution in [0.25, 0.3) is 0 Å². The van der Waals surface area contributed by atoms with Crippen LogP contribution in [0.2, 0.25) is 0 Å². The Morgan fingerprint density at radius 1 is 0.781 bits per heavy atom. The predicted octanol–water partition coefficient (Wildman–Crippen LogP) is 5.97. The van der Waals surface area contributed by atoms with Gasteiger partial charge in [-0.2, -0.15) is 0 Å². The molecule has 32 heavy (non-hydrogen) atoms. The van der Waals surface area contributed by atoms with Crippen LogP contribution < -0.4 is 16.0 Å². The molecule has 0 bridgehead atoms. The molecular weight excluding hydrogens is 533 g/mol. The lowest BCUT2D eigenvalue weighted by Gasteiger charge is -2.19. The first kappa shape index (κ1) is 23.9. The SMILES string of the molecule is CC(C)(C)c1ccc(C(=O)Nc2ccc(NC(=S)NC(=O)c3cccc(I)c3)cc2)cc1. The van der Waals surface area contributed by atoms with E-state index in [1.807, 2.05) is 36.4 Å². The monoisotopic (exact) mass is 557 g/mol. The van der Waals surface area contributed by atoms with Crippen LogP contribution >= 0.6 is 34.8 Å². The van der Waals surface area contributed by atoms with Gasteiger partial charge in [0.25, 0.3) is 11.8 Å². The van der Waals surface area contributed by atoms with Crippen molar-refractivity contribution in [1.29, 1.82) is 0 Å². The van der Waals surface area contributed by atoms with Gasteiger partial charge in [-0.25, -0.2) is 0 Å². The quantitative estimate of drug-likeness (QED) is 0.273. The molecule has 0 unspecified atom stereocenters. The van der Waals surface area contributed by atoms with Crippen LogP contribution in [0, 0.1) is 3.57 Å². The molecule has 5 nitrogen and oxygen atoms in total. The van der Waals surface area contributed by atoms with E-state index in [-0.39, 0.29) is 22.3 Å². The summed E-state index contributed by atoms with van der Waals surface area (Å²) in [4.78, 5) is 24.8. The fourth-order valence-electron chi connectivity index (χ4n) is 2.93. The minimum Gasteiger partial charge on any atom is -0.332 e. The van der Waals surface area contributed by atoms with Crippen LogP contribution in [-0.4, -0.2) is 16.9 Å². The van der Waals surface area contributed by atoms with Crippen LogP contribution in [0.5, 0.6) is 0 Å². The van der Waals surface area contributed by atoms with Crippen molar-refractivity contribution in [3.63, 3.8) is 0 Å². The van der Waals surface area contributed by atoms with Crippen LogP contribution in [0.15, 0.2) is 72.8 Å². The van der Waals surface area contributed by atoms with E-state index in [1.54, 1.807) is 36.4 Å². The first-order valence-electron chi connectivity index (χ1n) is 10.0. The van der Waals surface area contributed by atoms with Crippen molar-refractivity contribution in [2.24, 2.45) is 0 Å². The average Bonchev–Trinajstić information content (AvgIpc) is 2.74. The van der Waals surface area contributed by atoms with Gasteiger partial charge in [0, 0.05) is 26.1 Å². The summed E-state index contributed by atoms with van der Waals surface area (Å²) in [6, 6.07) is 22.0. The normalized spacial score (nSPS) is 10.9. The summed E-state index contributed by atoms with van der Waals surface area (Å²) in [5, 5.41) is 8.72. The van der Waals surface area contributed by atoms with Crippen molar-refractivity contribution in [2.45, 2.75) is 26.2 Å². The molecule has 0 aliphatic heterocycles. The van der Waals surface area contributed by atoms with Gasteiger partial charge in [-0.15, -0.1) is 0 Å². The van der Waals surface area contributed by atoms with Crippen molar-refractivity contribution in [1.82, 2.24) is 5.32 Å². The highest BCUT2D eigenvalue weighted by atomic mass is 127. The number of hydrogen-bond acceptors (Lipinski definition) is 3. The lowest BCUT2D eigenvalue weighted by atomic mass is 9.87. The highest BCUT2D eigenvalue weighted by molar-refractivity contribution is 14.1. The lowest BCUT2D eigenvalue weighted by molar-refractivity contribution is 0.0976. The van der Waals surface area contributed by atoms with Crippen molar-refractivity contribution in [3.8, 4) is 0 Å². The number of carbonyl (C=O) groups is 2. The Morgan fingerprint density at radius 3 is 1.94 bits per heavy atom. The number of amides is 2. The molecule has 0 saturated heterocycles. The van der Waals surface area contributed by atoms with E-state index in [9.17, 15) is 9.59 Å². The fraction of sp³-hybridized carbons (Fsp3) is 0.160. The number of anilines is 2. The van der Waals surface area contributed by atoms with Gasteiger partial charge in [0.1, 0.15) is 0 Å². The van der Waals surface area contributed by atoms with E-state index in [1.165, 1.54) is 5.56 Å². The molecule has 3 rings (SSSR count). The lowest BCUT2D eigenvalue weighted by Crippen LogP contribution is -2.34. The second kappa shape index (κ2) is 10.2. The maximum Gasteiger partial charge on any atom is 0.257 e. The molecule has 0 spiro atoms. The zero-order valence-electron chi connectivity index (χ0n) is 18.0. The minimum atomic E-state index is -0.276. The van der Waals surface area contributed by atoms with Gasteiger partial charge in [-0.05, 0) is 100 Å². The molecule has 0 heterocycles. The van der Waals surface area contributed by atoms with E-state index in [2.05, 4.69) is 59.3 Å². The summed E-state index contributed by atoms with van der Waals surface area (Å²) < 4.78 is 0.969. The standard InChI is InChI=1S/C25H24IN3O2S/c1-25(2,3)18-9-7-16(8-10-18)22(30)27-20-11-13-21(14-12-20)28-24(32)29-23(31)17-5-4-6-19(26)15-17/h4-15H,1-3H3,(H,27,30)(H2,28,29,31,32). The highest BCUT2D eigenvalue weighted by Gasteiger charge is 2.14. The van der Waals surface area contributed by atoms with Gasteiger partial charge < -0.3 is 10.6 Å². The van der Waals surface area contributed by atoms with Crippen molar-refractivity contribution in [2.75, 3.05) is 10.6 Å². The van der Waals surface area contributed by atoms with Gasteiger partial charge in [-0.3, -0.25) is 14.9 Å². The summed E-state index contributed by atoms with van der Waals surface area (Å²) in [6.07, 6.45) is 0. The number of nitrogens with one attached hydrogen (secondary N) is 3. The predicted molar refractivity (Wildman–Crippen MR) is 142 cm³/mol. The Morgan fingerprint density at radius 2 is 1.38 bits per heavy atom. The Bertz CT molecular complexity index is 1140. The zero-order valence-corrected chi connectivity index (χ0v) is 21.0. The topological polar surface area (TPSA) is 70.2 Å². The Labute approximate surface area is 207 Å². The number of benzene rings is 3. The third-order valence-corrected chi connectivity index (χ3v) is 5.60. The van der Waals surface area contributed by atoms with Gasteiger partial charge in [0.2, 0.25) is 0 Å². The van der Waals surface area contributed by atoms with Crippen LogP contribution in [0.4, 0.5) is 11.4 Å². The smallest absolute Gasteiger partial charge is 0.257 e. The number of rotatable bonds is 4. The maximum absolute atomic E-state index is 12.5. The van der Waals surface area contributed by atoms with Gasteiger partial charge in [0.05, 0.1) is 0 Å². The molecule has 0 fully saturated rings. The van der Waals surface area contributed by atoms with E-state index < -0.39 is 0 Å². The van der Waals surface area contributed by atoms with Gasteiger partial charge in [0.15, 0.2) is 5.11 Å². The number of halogens is 1. The molecular formula is C25H24IN3O2S. The number of hydrogen-bond donors (Lipinski definition) is 3. The summed E-state index contributed by atoms with van der Waals surface area (Å²) in [5.41, 5.74) is 3.71. The Kier molecular flexibility index (Phi) is 7.63. The molecule has 3 aromatic rings. The van der Waals surface area contributed by atoms with Crippen LogP contribution in [0.3, 0.4) is 0 Å². The third kappa shape index (κ3) is 6.61. The van der Waals surface area contributed by atoms with E-state index in [0.29, 0.717) is 22.5 Å². The number of carbonyl (C=O) groups excluding carboxylic acids is 2. The summed E-state index contributed by atoms with van der Waals surface area (Å²) in [6.45, 7) is 6.41. The molecule has 7 heteroatoms. The minimum absolute atomic E-state index is 0.0393. The van der Waals surface area contributed by atoms with E-state index >= 15 is 0 Å². The van der Waals surface area contributed by atoms with Crippen molar-refractivity contribution < 1.29 is 9.59 Å². The largest absolute Gasteiger partial charge is 0.332 e. The molecule has 0 aromatic heterocycles. The third-order valence-electron chi connectivity index (χ3n) is 4.73. The molecule has 0 atom stereocenters. The van der Waals surface area contributed by atoms with E-state index in [4.69, 9.17) is 12.2 Å². The Balaban J connectivity index is 1.56. The molecule has 0 aliphatic carbocycles. The first-order valence-corrected chi connectivity index (χ1v) is 11.5. The first-order chi connectivity index (χ1) is 15.1. The average molecular weight is 557 g/mol. The summed E-state index contributed by atoms with van der Waals surface area (Å²) in [5.74, 6) is -0.450. The van der Waals surface area contributed by atoms with Crippen molar-refractivity contribution >= 4 is 63.1 Å². The maximum atomic E-state index is 12.5. The van der Waals surface area contributed by atoms with Gasteiger partial charge in [-0.1, -0.05) is 39.0 Å². The van der Waals surface area contributed by atoms with Crippen molar-refractivity contribution in [3.05, 3.63) is 93.1 Å². The van der Waals surface area contributed by atoms with E-state index in [0.717, 1.165) is 3.57 Å². The number of thiocarbonyl (C=S) groups is 1. The molecule has 2 amide bonds. The molecule has 3 aromatic carbocycles. The highest BCUT2D eigenvalue weighted by Crippen LogP contribution is 2.22. The fourth-order valence-corrected chi connectivity index (χ4v) is 3.68. The molecule has 0 saturated carbocycles. The van der Waals surface area contributed by atoms with Crippen LogP contribution in [-0.2, 0) is 5.41 Å². The summed E-state index contributed by atoms with van der Waals surface area (Å²) >= 11 is 7.39.